The Labute approximate surface area is 119 Å². The SMILES string of the molecule is CCOC(=O)C(N=Nc1ccc(Br)cc1)=C1CCO1. The van der Waals surface area contributed by atoms with Crippen molar-refractivity contribution in [2.24, 2.45) is 10.2 Å². The van der Waals surface area contributed by atoms with Gasteiger partial charge in [0.15, 0.2) is 0 Å². The third-order valence-corrected chi connectivity index (χ3v) is 2.96. The molecule has 1 aliphatic rings. The number of ether oxygens (including phenoxy) is 2. The molecule has 0 unspecified atom stereocenters. The predicted octanol–water partition coefficient (Wildman–Crippen LogP) is 3.73. The molecule has 1 aromatic carbocycles. The van der Waals surface area contributed by atoms with Gasteiger partial charge in [0, 0.05) is 10.9 Å². The Bertz CT molecular complexity index is 517. The van der Waals surface area contributed by atoms with Crippen LogP contribution in [-0.2, 0) is 14.3 Å². The van der Waals surface area contributed by atoms with E-state index in [0.717, 1.165) is 4.47 Å². The van der Waals surface area contributed by atoms with E-state index in [4.69, 9.17) is 9.47 Å². The summed E-state index contributed by atoms with van der Waals surface area (Å²) in [6, 6.07) is 7.29. The average Bonchev–Trinajstić information content (AvgIpc) is 2.34. The Balaban J connectivity index is 2.16. The highest BCUT2D eigenvalue weighted by Crippen LogP contribution is 2.24. The zero-order valence-corrected chi connectivity index (χ0v) is 12.0. The number of azo groups is 1. The van der Waals surface area contributed by atoms with Gasteiger partial charge in [-0.25, -0.2) is 4.79 Å². The van der Waals surface area contributed by atoms with Crippen LogP contribution in [0.3, 0.4) is 0 Å². The van der Waals surface area contributed by atoms with Gasteiger partial charge < -0.3 is 9.47 Å². The standard InChI is InChI=1S/C13H13BrN2O3/c1-2-18-13(17)12(11-7-8-19-11)16-15-10-5-3-9(14)4-6-10/h3-6H,2,7-8H2,1H3. The van der Waals surface area contributed by atoms with Crippen molar-refractivity contribution in [3.8, 4) is 0 Å². The highest BCUT2D eigenvalue weighted by molar-refractivity contribution is 9.10. The van der Waals surface area contributed by atoms with Gasteiger partial charge >= 0.3 is 5.97 Å². The topological polar surface area (TPSA) is 60.2 Å². The third kappa shape index (κ3) is 3.64. The molecule has 0 N–H and O–H groups in total. The highest BCUT2D eigenvalue weighted by Gasteiger charge is 2.23. The summed E-state index contributed by atoms with van der Waals surface area (Å²) >= 11 is 3.34. The number of rotatable bonds is 4. The first kappa shape index (κ1) is 13.7. The minimum Gasteiger partial charge on any atom is -0.495 e. The van der Waals surface area contributed by atoms with Gasteiger partial charge in [-0.15, -0.1) is 5.11 Å². The van der Waals surface area contributed by atoms with Crippen LogP contribution in [0.2, 0.25) is 0 Å². The number of esters is 1. The van der Waals surface area contributed by atoms with Crippen molar-refractivity contribution in [1.82, 2.24) is 0 Å². The molecule has 6 heteroatoms. The van der Waals surface area contributed by atoms with Gasteiger partial charge in [-0.1, -0.05) is 15.9 Å². The molecule has 0 amide bonds. The molecular formula is C13H13BrN2O3. The molecule has 2 rings (SSSR count). The van der Waals surface area contributed by atoms with Crippen LogP contribution in [0.15, 0.2) is 50.4 Å². The lowest BCUT2D eigenvalue weighted by Gasteiger charge is -2.19. The first-order valence-corrected chi connectivity index (χ1v) is 6.70. The summed E-state index contributed by atoms with van der Waals surface area (Å²) in [5.74, 6) is 0.0392. The Morgan fingerprint density at radius 1 is 1.42 bits per heavy atom. The van der Waals surface area contributed by atoms with Crippen molar-refractivity contribution in [2.75, 3.05) is 13.2 Å². The fourth-order valence-corrected chi connectivity index (χ4v) is 1.68. The van der Waals surface area contributed by atoms with Crippen LogP contribution in [0, 0.1) is 0 Å². The van der Waals surface area contributed by atoms with Gasteiger partial charge in [0.1, 0.15) is 5.76 Å². The van der Waals surface area contributed by atoms with E-state index >= 15 is 0 Å². The number of nitrogens with zero attached hydrogens (tertiary/aromatic N) is 2. The molecule has 5 nitrogen and oxygen atoms in total. The Kier molecular flexibility index (Phi) is 4.68. The average molecular weight is 325 g/mol. The fourth-order valence-electron chi connectivity index (χ4n) is 1.42. The Morgan fingerprint density at radius 3 is 2.63 bits per heavy atom. The van der Waals surface area contributed by atoms with E-state index in [-0.39, 0.29) is 5.70 Å². The lowest BCUT2D eigenvalue weighted by Crippen LogP contribution is -2.17. The summed E-state index contributed by atoms with van der Waals surface area (Å²) in [7, 11) is 0. The van der Waals surface area contributed by atoms with Crippen LogP contribution >= 0.6 is 15.9 Å². The van der Waals surface area contributed by atoms with E-state index in [9.17, 15) is 4.79 Å². The van der Waals surface area contributed by atoms with Gasteiger partial charge in [0.2, 0.25) is 5.70 Å². The van der Waals surface area contributed by atoms with E-state index in [1.54, 1.807) is 19.1 Å². The number of hydrogen-bond donors (Lipinski definition) is 0. The molecule has 19 heavy (non-hydrogen) atoms. The number of carbonyl (C=O) groups excluding carboxylic acids is 1. The molecule has 1 aromatic rings. The maximum atomic E-state index is 11.7. The summed E-state index contributed by atoms with van der Waals surface area (Å²) in [4.78, 5) is 11.7. The van der Waals surface area contributed by atoms with E-state index in [1.165, 1.54) is 0 Å². The first-order valence-electron chi connectivity index (χ1n) is 5.91. The molecule has 0 spiro atoms. The van der Waals surface area contributed by atoms with Gasteiger partial charge in [-0.05, 0) is 31.2 Å². The monoisotopic (exact) mass is 324 g/mol. The summed E-state index contributed by atoms with van der Waals surface area (Å²) in [6.07, 6.45) is 0.688. The molecule has 1 fully saturated rings. The van der Waals surface area contributed by atoms with Crippen LogP contribution in [0.1, 0.15) is 13.3 Å². The Hall–Kier alpha value is -1.69. The minimum atomic E-state index is -0.502. The molecule has 0 aliphatic carbocycles. The Morgan fingerprint density at radius 2 is 2.11 bits per heavy atom. The lowest BCUT2D eigenvalue weighted by molar-refractivity contribution is -0.139. The van der Waals surface area contributed by atoms with Crippen molar-refractivity contribution in [2.45, 2.75) is 13.3 Å². The normalized spacial score (nSPS) is 16.7. The second kappa shape index (κ2) is 6.47. The second-order valence-electron chi connectivity index (χ2n) is 3.77. The lowest BCUT2D eigenvalue weighted by atomic mass is 10.2. The molecule has 1 heterocycles. The number of halogens is 1. The molecule has 0 atom stereocenters. The van der Waals surface area contributed by atoms with Crippen LogP contribution in [0.4, 0.5) is 5.69 Å². The van der Waals surface area contributed by atoms with Crippen molar-refractivity contribution in [3.63, 3.8) is 0 Å². The van der Waals surface area contributed by atoms with Crippen LogP contribution < -0.4 is 0 Å². The molecule has 0 aromatic heterocycles. The van der Waals surface area contributed by atoms with Gasteiger partial charge in [0.05, 0.1) is 18.9 Å². The fraction of sp³-hybridized carbons (Fsp3) is 0.308. The zero-order chi connectivity index (χ0) is 13.7. The largest absolute Gasteiger partial charge is 0.495 e. The van der Waals surface area contributed by atoms with E-state index in [1.807, 2.05) is 12.1 Å². The summed E-state index contributed by atoms with van der Waals surface area (Å²) < 4.78 is 11.1. The van der Waals surface area contributed by atoms with Crippen LogP contribution in [0.5, 0.6) is 0 Å². The van der Waals surface area contributed by atoms with Crippen molar-refractivity contribution < 1.29 is 14.3 Å². The number of benzene rings is 1. The molecule has 100 valence electrons. The summed E-state index contributed by atoms with van der Waals surface area (Å²) in [5.41, 5.74) is 0.806. The van der Waals surface area contributed by atoms with E-state index in [0.29, 0.717) is 31.1 Å². The third-order valence-electron chi connectivity index (χ3n) is 2.43. The zero-order valence-electron chi connectivity index (χ0n) is 10.4. The van der Waals surface area contributed by atoms with Crippen molar-refractivity contribution in [3.05, 3.63) is 40.2 Å². The minimum absolute atomic E-state index is 0.149. The maximum absolute atomic E-state index is 11.7. The predicted molar refractivity (Wildman–Crippen MR) is 72.9 cm³/mol. The van der Waals surface area contributed by atoms with E-state index < -0.39 is 5.97 Å². The molecule has 0 bridgehead atoms. The smallest absolute Gasteiger partial charge is 0.362 e. The molecule has 0 saturated carbocycles. The molecular weight excluding hydrogens is 312 g/mol. The molecule has 1 saturated heterocycles. The van der Waals surface area contributed by atoms with Crippen molar-refractivity contribution in [1.29, 1.82) is 0 Å². The molecule has 0 radical (unpaired) electrons. The van der Waals surface area contributed by atoms with Crippen LogP contribution in [-0.4, -0.2) is 19.2 Å². The van der Waals surface area contributed by atoms with Gasteiger partial charge in [0.25, 0.3) is 0 Å². The van der Waals surface area contributed by atoms with Gasteiger partial charge in [-0.2, -0.15) is 5.11 Å². The quantitative estimate of drug-likeness (QED) is 0.481. The van der Waals surface area contributed by atoms with E-state index in [2.05, 4.69) is 26.2 Å². The second-order valence-corrected chi connectivity index (χ2v) is 4.68. The van der Waals surface area contributed by atoms with Crippen LogP contribution in [0.25, 0.3) is 0 Å². The summed E-state index contributed by atoms with van der Waals surface area (Å²) in [5, 5.41) is 7.97. The maximum Gasteiger partial charge on any atom is 0.362 e. The highest BCUT2D eigenvalue weighted by atomic mass is 79.9. The first-order chi connectivity index (χ1) is 9.20. The van der Waals surface area contributed by atoms with Gasteiger partial charge in [-0.3, -0.25) is 0 Å². The number of hydrogen-bond acceptors (Lipinski definition) is 5. The summed E-state index contributed by atoms with van der Waals surface area (Å²) in [6.45, 7) is 2.64. The number of carbonyl (C=O) groups is 1. The molecule has 1 aliphatic heterocycles. The van der Waals surface area contributed by atoms with Crippen molar-refractivity contribution >= 4 is 27.6 Å².